The van der Waals surface area contributed by atoms with Gasteiger partial charge in [0.2, 0.25) is 0 Å². The van der Waals surface area contributed by atoms with E-state index in [4.69, 9.17) is 9.47 Å². The van der Waals surface area contributed by atoms with E-state index in [0.717, 1.165) is 17.7 Å². The van der Waals surface area contributed by atoms with Gasteiger partial charge in [0, 0.05) is 17.5 Å². The Morgan fingerprint density at radius 3 is 2.47 bits per heavy atom. The number of anilines is 2. The Balaban J connectivity index is 1.47. The Kier molecular flexibility index (Phi) is 7.21. The van der Waals surface area contributed by atoms with Gasteiger partial charge in [-0.15, -0.1) is 0 Å². The number of benzene rings is 3. The molecule has 3 aromatic carbocycles. The van der Waals surface area contributed by atoms with Gasteiger partial charge in [-0.1, -0.05) is 24.3 Å². The van der Waals surface area contributed by atoms with Crippen LogP contribution in [0.1, 0.15) is 24.0 Å². The van der Waals surface area contributed by atoms with E-state index in [1.54, 1.807) is 13.3 Å². The second-order valence-electron chi connectivity index (χ2n) is 7.99. The highest BCUT2D eigenvalue weighted by Crippen LogP contribution is 2.36. The average Bonchev–Trinajstić information content (AvgIpc) is 3.66. The zero-order chi connectivity index (χ0) is 24.0. The summed E-state index contributed by atoms with van der Waals surface area (Å²) in [6.45, 7) is 0.679. The van der Waals surface area contributed by atoms with Crippen LogP contribution in [0.3, 0.4) is 0 Å². The summed E-state index contributed by atoms with van der Waals surface area (Å²) in [4.78, 5) is 4.50. The van der Waals surface area contributed by atoms with Crippen LogP contribution >= 0.6 is 0 Å². The van der Waals surface area contributed by atoms with Crippen molar-refractivity contribution in [3.63, 3.8) is 0 Å². The monoisotopic (exact) mass is 466 g/mol. The van der Waals surface area contributed by atoms with Crippen molar-refractivity contribution >= 4 is 29.4 Å². The third-order valence-corrected chi connectivity index (χ3v) is 5.36. The van der Waals surface area contributed by atoms with Gasteiger partial charge in [0.15, 0.2) is 11.5 Å². The molecule has 1 N–H and O–H groups in total. The first kappa shape index (κ1) is 23.4. The molecule has 34 heavy (non-hydrogen) atoms. The van der Waals surface area contributed by atoms with E-state index in [2.05, 4.69) is 10.3 Å². The fraction of sp³-hybridized carbons (Fsp3) is 0.222. The summed E-state index contributed by atoms with van der Waals surface area (Å²) in [6.07, 6.45) is 3.42. The van der Waals surface area contributed by atoms with Crippen molar-refractivity contribution in [2.24, 2.45) is 10.9 Å². The Morgan fingerprint density at radius 2 is 1.76 bits per heavy atom. The number of aliphatic imine (C=N–C) groups is 1. The number of hydrogen-bond acceptors (Lipinski definition) is 4. The highest BCUT2D eigenvalue weighted by atomic mass is 19.4. The first-order chi connectivity index (χ1) is 16.4. The molecule has 0 radical (unpaired) electrons. The van der Waals surface area contributed by atoms with Crippen LogP contribution in [0.4, 0.5) is 30.2 Å². The molecule has 0 aromatic heterocycles. The summed E-state index contributed by atoms with van der Waals surface area (Å²) in [7, 11) is 1.62. The third-order valence-electron chi connectivity index (χ3n) is 5.36. The molecule has 0 amide bonds. The van der Waals surface area contributed by atoms with Gasteiger partial charge in [0.05, 0.1) is 30.7 Å². The number of rotatable bonds is 9. The fourth-order valence-electron chi connectivity index (χ4n) is 3.32. The number of halogens is 3. The van der Waals surface area contributed by atoms with Gasteiger partial charge in [0.25, 0.3) is 0 Å². The molecule has 1 fully saturated rings. The lowest BCUT2D eigenvalue weighted by Crippen LogP contribution is -2.04. The number of nitrogens with zero attached hydrogens (tertiary/aromatic N) is 1. The van der Waals surface area contributed by atoms with Crippen LogP contribution in [0.5, 0.6) is 11.5 Å². The lowest BCUT2D eigenvalue weighted by atomic mass is 10.1. The summed E-state index contributed by atoms with van der Waals surface area (Å²) in [5, 5.41) is 3.13. The van der Waals surface area contributed by atoms with E-state index >= 15 is 0 Å². The molecular formula is C27H25F3N2O2. The molecule has 4 rings (SSSR count). The minimum absolute atomic E-state index is 0.542. The lowest BCUT2D eigenvalue weighted by molar-refractivity contribution is -0.137. The summed E-state index contributed by atoms with van der Waals surface area (Å²) < 4.78 is 49.8. The van der Waals surface area contributed by atoms with E-state index < -0.39 is 11.7 Å². The van der Waals surface area contributed by atoms with E-state index in [1.165, 1.54) is 25.0 Å². The fourth-order valence-corrected chi connectivity index (χ4v) is 3.32. The van der Waals surface area contributed by atoms with Crippen LogP contribution in [0.2, 0.25) is 0 Å². The van der Waals surface area contributed by atoms with Gasteiger partial charge in [-0.25, -0.2) is 0 Å². The van der Waals surface area contributed by atoms with Gasteiger partial charge >= 0.3 is 6.18 Å². The van der Waals surface area contributed by atoms with Crippen molar-refractivity contribution < 1.29 is 22.6 Å². The number of ether oxygens (including phenoxy) is 2. The molecule has 3 aromatic rings. The largest absolute Gasteiger partial charge is 0.493 e. The molecule has 7 heteroatoms. The first-order valence-corrected chi connectivity index (χ1v) is 11.0. The highest BCUT2D eigenvalue weighted by Gasteiger charge is 2.30. The molecule has 176 valence electrons. The first-order valence-electron chi connectivity index (χ1n) is 11.0. The zero-order valence-corrected chi connectivity index (χ0v) is 18.7. The summed E-state index contributed by atoms with van der Waals surface area (Å²) in [6, 6.07) is 18.0. The minimum Gasteiger partial charge on any atom is -0.493 e. The molecule has 4 nitrogen and oxygen atoms in total. The van der Waals surface area contributed by atoms with Crippen molar-refractivity contribution in [1.29, 1.82) is 0 Å². The molecule has 0 aliphatic heterocycles. The number of alkyl halides is 3. The quantitative estimate of drug-likeness (QED) is 0.329. The molecule has 0 atom stereocenters. The number of para-hydroxylation sites is 3. The molecule has 1 aliphatic rings. The number of hydrogen-bond donors (Lipinski definition) is 1. The third kappa shape index (κ3) is 6.19. The van der Waals surface area contributed by atoms with E-state index in [1.807, 2.05) is 54.6 Å². The topological polar surface area (TPSA) is 42.8 Å². The van der Waals surface area contributed by atoms with Crippen LogP contribution in [0, 0.1) is 5.92 Å². The van der Waals surface area contributed by atoms with Gasteiger partial charge in [-0.3, -0.25) is 4.99 Å². The molecule has 0 unspecified atom stereocenters. The van der Waals surface area contributed by atoms with Gasteiger partial charge in [-0.05, 0) is 73.4 Å². The number of allylic oxidation sites excluding steroid dienone is 1. The lowest BCUT2D eigenvalue weighted by Gasteiger charge is -2.13. The van der Waals surface area contributed by atoms with Crippen molar-refractivity contribution in [1.82, 2.24) is 0 Å². The summed E-state index contributed by atoms with van der Waals surface area (Å²) >= 11 is 0. The van der Waals surface area contributed by atoms with Crippen LogP contribution in [-0.2, 0) is 6.18 Å². The van der Waals surface area contributed by atoms with E-state index in [9.17, 15) is 13.2 Å². The van der Waals surface area contributed by atoms with Crippen molar-refractivity contribution in [3.8, 4) is 11.5 Å². The van der Waals surface area contributed by atoms with E-state index in [0.29, 0.717) is 41.1 Å². The number of methoxy groups -OCH3 is 1. The van der Waals surface area contributed by atoms with Crippen molar-refractivity contribution in [3.05, 3.63) is 83.9 Å². The molecular weight excluding hydrogens is 441 g/mol. The Hall–Kier alpha value is -3.74. The zero-order valence-electron chi connectivity index (χ0n) is 18.7. The molecule has 0 heterocycles. The summed E-state index contributed by atoms with van der Waals surface area (Å²) in [5.41, 5.74) is 2.08. The highest BCUT2D eigenvalue weighted by molar-refractivity contribution is 5.84. The average molecular weight is 467 g/mol. The second-order valence-corrected chi connectivity index (χ2v) is 7.99. The summed E-state index contributed by atoms with van der Waals surface area (Å²) in [5.74, 6) is 2.02. The molecule has 0 spiro atoms. The van der Waals surface area contributed by atoms with Crippen molar-refractivity contribution in [2.45, 2.75) is 19.0 Å². The molecule has 1 saturated carbocycles. The Bertz CT molecular complexity index is 1170. The maximum Gasteiger partial charge on any atom is 0.416 e. The van der Waals surface area contributed by atoms with Crippen LogP contribution in [0.15, 0.2) is 77.8 Å². The van der Waals surface area contributed by atoms with Gasteiger partial charge < -0.3 is 14.8 Å². The number of nitrogens with one attached hydrogen (secondary N) is 1. The van der Waals surface area contributed by atoms with Crippen LogP contribution in [0.25, 0.3) is 6.08 Å². The predicted octanol–water partition coefficient (Wildman–Crippen LogP) is 7.66. The standard InChI is InChI=1S/C27H25F3N2O2/c1-33-25-10-4-6-20(26(25)34-18-19-11-12-19)7-5-17-31-23-8-2-3-9-24(23)32-22-15-13-21(14-16-22)27(28,29)30/h2-10,13-17,19,32H,11-12,18H2,1H3/b7-5+,31-17?. The SMILES string of the molecule is COc1cccc(/C=C/C=Nc2ccccc2Nc2ccc(C(F)(F)F)cc2)c1OCC1CC1. The second kappa shape index (κ2) is 10.5. The van der Waals surface area contributed by atoms with E-state index in [-0.39, 0.29) is 0 Å². The predicted molar refractivity (Wildman–Crippen MR) is 130 cm³/mol. The maximum atomic E-state index is 12.8. The van der Waals surface area contributed by atoms with Crippen LogP contribution in [-0.4, -0.2) is 19.9 Å². The Morgan fingerprint density at radius 1 is 1.00 bits per heavy atom. The maximum absolute atomic E-state index is 12.8. The normalized spacial score (nSPS) is 14.0. The van der Waals surface area contributed by atoms with Gasteiger partial charge in [0.1, 0.15) is 0 Å². The van der Waals surface area contributed by atoms with Crippen molar-refractivity contribution in [2.75, 3.05) is 19.0 Å². The molecule has 0 bridgehead atoms. The molecule has 0 saturated heterocycles. The molecule has 1 aliphatic carbocycles. The van der Waals surface area contributed by atoms with Gasteiger partial charge in [-0.2, -0.15) is 13.2 Å². The minimum atomic E-state index is -4.36. The Labute approximate surface area is 196 Å². The smallest absolute Gasteiger partial charge is 0.416 e. The van der Waals surface area contributed by atoms with Crippen LogP contribution < -0.4 is 14.8 Å².